The van der Waals surface area contributed by atoms with Crippen LogP contribution in [0, 0.1) is 0 Å². The van der Waals surface area contributed by atoms with Crippen LogP contribution in [0.15, 0.2) is 22.6 Å². The Hall–Kier alpha value is -0.500. The second-order valence-electron chi connectivity index (χ2n) is 1.84. The van der Waals surface area contributed by atoms with Crippen LogP contribution in [0.5, 0.6) is 0 Å². The summed E-state index contributed by atoms with van der Waals surface area (Å²) in [5.74, 6) is 0. The number of aldehydes is 1. The third-order valence-electron chi connectivity index (χ3n) is 0.773. The molecule has 0 amide bonds. The minimum absolute atomic E-state index is 0.711. The normalized spacial score (nSPS) is 13.7. The first kappa shape index (κ1) is 8.50. The fourth-order valence-electron chi connectivity index (χ4n) is 0.291. The van der Waals surface area contributed by atoms with Crippen LogP contribution < -0.4 is 0 Å². The summed E-state index contributed by atoms with van der Waals surface area (Å²) in [6, 6.07) is 0. The minimum Gasteiger partial charge on any atom is -0.298 e. The Bertz CT molecular complexity index is 152. The molecule has 1 nitrogen and oxygen atoms in total. The van der Waals surface area contributed by atoms with Crippen molar-refractivity contribution in [2.24, 2.45) is 0 Å². The predicted octanol–water partition coefficient (Wildman–Crippen LogP) is 1.97. The summed E-state index contributed by atoms with van der Waals surface area (Å²) in [6.45, 7) is 3.61. The quantitative estimate of drug-likeness (QED) is 0.270. The lowest BCUT2D eigenvalue weighted by molar-refractivity contribution is -0.104. The highest BCUT2D eigenvalue weighted by atomic mass is 32.1. The molecule has 0 aliphatic rings. The van der Waals surface area contributed by atoms with E-state index in [9.17, 15) is 4.79 Å². The van der Waals surface area contributed by atoms with Gasteiger partial charge in [-0.3, -0.25) is 4.79 Å². The molecule has 0 fully saturated rings. The summed E-state index contributed by atoms with van der Waals surface area (Å²) in [4.78, 5) is 10.9. The first-order chi connectivity index (χ1) is 4.16. The fraction of sp³-hybridized carbons (Fsp3) is 0.286. The molecule has 0 aliphatic carbocycles. The second kappa shape index (κ2) is 4.39. The van der Waals surface area contributed by atoms with E-state index in [1.54, 1.807) is 19.1 Å². The van der Waals surface area contributed by atoms with E-state index >= 15 is 0 Å². The highest BCUT2D eigenvalue weighted by Gasteiger charge is 1.78. The summed E-state index contributed by atoms with van der Waals surface area (Å²) >= 11 is 4.01. The van der Waals surface area contributed by atoms with Gasteiger partial charge in [-0.2, -0.15) is 0 Å². The number of hydrogen-bond acceptors (Lipinski definition) is 2. The van der Waals surface area contributed by atoms with E-state index < -0.39 is 0 Å². The van der Waals surface area contributed by atoms with Crippen LogP contribution in [0.3, 0.4) is 0 Å². The first-order valence-corrected chi connectivity index (χ1v) is 3.11. The number of hydrogen-bond donors (Lipinski definition) is 1. The predicted molar refractivity (Wildman–Crippen MR) is 42.6 cm³/mol. The van der Waals surface area contributed by atoms with Crippen molar-refractivity contribution in [3.05, 3.63) is 22.6 Å². The van der Waals surface area contributed by atoms with Gasteiger partial charge in [-0.15, -0.1) is 12.6 Å². The highest BCUT2D eigenvalue weighted by Crippen LogP contribution is 1.98. The molecular weight excluding hydrogens is 132 g/mol. The summed E-state index contributed by atoms with van der Waals surface area (Å²) in [7, 11) is 0. The Labute approximate surface area is 60.9 Å². The van der Waals surface area contributed by atoms with Crippen molar-refractivity contribution in [1.82, 2.24) is 0 Å². The molecule has 50 valence electrons. The van der Waals surface area contributed by atoms with Crippen molar-refractivity contribution in [1.29, 1.82) is 0 Å². The van der Waals surface area contributed by atoms with Gasteiger partial charge in [0.05, 0.1) is 0 Å². The van der Waals surface area contributed by atoms with Gasteiger partial charge in [0.2, 0.25) is 0 Å². The highest BCUT2D eigenvalue weighted by molar-refractivity contribution is 7.84. The topological polar surface area (TPSA) is 17.1 Å². The molecule has 0 aromatic carbocycles. The molecule has 0 bridgehead atoms. The average Bonchev–Trinajstić information content (AvgIpc) is 1.83. The lowest BCUT2D eigenvalue weighted by atomic mass is 10.3. The Morgan fingerprint density at radius 1 is 1.33 bits per heavy atom. The van der Waals surface area contributed by atoms with E-state index in [2.05, 4.69) is 12.6 Å². The zero-order valence-corrected chi connectivity index (χ0v) is 6.48. The van der Waals surface area contributed by atoms with Gasteiger partial charge in [-0.05, 0) is 24.3 Å². The lowest BCUT2D eigenvalue weighted by Crippen LogP contribution is -1.72. The van der Waals surface area contributed by atoms with Gasteiger partial charge < -0.3 is 0 Å². The van der Waals surface area contributed by atoms with Gasteiger partial charge in [0.25, 0.3) is 0 Å². The Morgan fingerprint density at radius 2 is 1.89 bits per heavy atom. The Balaban J connectivity index is 3.98. The van der Waals surface area contributed by atoms with E-state index in [1.165, 1.54) is 0 Å². The number of allylic oxidation sites excluding steroid dienone is 4. The molecule has 0 saturated heterocycles. The third kappa shape index (κ3) is 5.37. The Morgan fingerprint density at radius 3 is 2.22 bits per heavy atom. The van der Waals surface area contributed by atoms with Crippen molar-refractivity contribution < 1.29 is 4.79 Å². The smallest absolute Gasteiger partial charge is 0.145 e. The van der Waals surface area contributed by atoms with Crippen molar-refractivity contribution in [3.63, 3.8) is 0 Å². The van der Waals surface area contributed by atoms with Gasteiger partial charge >= 0.3 is 0 Å². The number of rotatable bonds is 2. The standard InChI is InChI=1S/C7H10OS/c1-6(5-8)3-4-7(2)9/h3-5,9H,1-2H3/b6-3+,7-4-. The maximum absolute atomic E-state index is 9.99. The van der Waals surface area contributed by atoms with Crippen molar-refractivity contribution >= 4 is 18.9 Å². The third-order valence-corrected chi connectivity index (χ3v) is 0.922. The van der Waals surface area contributed by atoms with E-state index in [1.807, 2.05) is 6.92 Å². The van der Waals surface area contributed by atoms with Crippen molar-refractivity contribution in [2.75, 3.05) is 0 Å². The van der Waals surface area contributed by atoms with Crippen LogP contribution in [0.4, 0.5) is 0 Å². The molecule has 0 rings (SSSR count). The average molecular weight is 142 g/mol. The van der Waals surface area contributed by atoms with E-state index in [0.29, 0.717) is 5.57 Å². The van der Waals surface area contributed by atoms with E-state index in [4.69, 9.17) is 0 Å². The molecule has 0 radical (unpaired) electrons. The van der Waals surface area contributed by atoms with E-state index in [0.717, 1.165) is 11.2 Å². The van der Waals surface area contributed by atoms with Crippen LogP contribution in [0.1, 0.15) is 13.8 Å². The molecule has 0 aromatic rings. The lowest BCUT2D eigenvalue weighted by Gasteiger charge is -1.82. The van der Waals surface area contributed by atoms with Gasteiger partial charge in [0.15, 0.2) is 0 Å². The van der Waals surface area contributed by atoms with Crippen LogP contribution in [-0.4, -0.2) is 6.29 Å². The molecule has 0 saturated carbocycles. The molecule has 0 N–H and O–H groups in total. The van der Waals surface area contributed by atoms with Crippen LogP contribution in [-0.2, 0) is 4.79 Å². The van der Waals surface area contributed by atoms with Crippen molar-refractivity contribution in [3.8, 4) is 0 Å². The van der Waals surface area contributed by atoms with Gasteiger partial charge in [-0.1, -0.05) is 12.2 Å². The molecule has 0 aromatic heterocycles. The SMILES string of the molecule is C/C(S)=C/C=C(\C)C=O. The molecule has 0 unspecified atom stereocenters. The molecule has 0 atom stereocenters. The molecule has 2 heteroatoms. The summed E-state index contributed by atoms with van der Waals surface area (Å²) in [6.07, 6.45) is 4.33. The van der Waals surface area contributed by atoms with Crippen LogP contribution in [0.2, 0.25) is 0 Å². The van der Waals surface area contributed by atoms with Gasteiger partial charge in [0, 0.05) is 0 Å². The van der Waals surface area contributed by atoms with Crippen LogP contribution >= 0.6 is 12.6 Å². The summed E-state index contributed by atoms with van der Waals surface area (Å²) < 4.78 is 0. The molecule has 9 heavy (non-hydrogen) atoms. The Kier molecular flexibility index (Phi) is 4.14. The van der Waals surface area contributed by atoms with Gasteiger partial charge in [-0.25, -0.2) is 0 Å². The molecule has 0 heterocycles. The summed E-state index contributed by atoms with van der Waals surface area (Å²) in [5.41, 5.74) is 0.711. The summed E-state index contributed by atoms with van der Waals surface area (Å²) in [5, 5.41) is 0. The first-order valence-electron chi connectivity index (χ1n) is 2.66. The molecular formula is C7H10OS. The van der Waals surface area contributed by atoms with E-state index in [-0.39, 0.29) is 0 Å². The van der Waals surface area contributed by atoms with Gasteiger partial charge in [0.1, 0.15) is 6.29 Å². The zero-order chi connectivity index (χ0) is 7.28. The van der Waals surface area contributed by atoms with Crippen LogP contribution in [0.25, 0.3) is 0 Å². The molecule has 0 spiro atoms. The largest absolute Gasteiger partial charge is 0.298 e. The maximum atomic E-state index is 9.99. The monoisotopic (exact) mass is 142 g/mol. The molecule has 0 aliphatic heterocycles. The number of carbonyl (C=O) groups is 1. The number of carbonyl (C=O) groups excluding carboxylic acids is 1. The van der Waals surface area contributed by atoms with Crippen molar-refractivity contribution in [2.45, 2.75) is 13.8 Å². The fourth-order valence-corrected chi connectivity index (χ4v) is 0.366. The number of thiol groups is 1. The minimum atomic E-state index is 0.711. The maximum Gasteiger partial charge on any atom is 0.145 e. The zero-order valence-electron chi connectivity index (χ0n) is 5.59. The second-order valence-corrected chi connectivity index (χ2v) is 2.54.